The number of hydrogen-bond donors (Lipinski definition) is 1. The van der Waals surface area contributed by atoms with Gasteiger partial charge in [0.2, 0.25) is 0 Å². The van der Waals surface area contributed by atoms with Gasteiger partial charge in [0.25, 0.3) is 5.91 Å². The highest BCUT2D eigenvalue weighted by Crippen LogP contribution is 2.36. The van der Waals surface area contributed by atoms with Crippen molar-refractivity contribution in [1.82, 2.24) is 4.90 Å². The number of amides is 1. The predicted molar refractivity (Wildman–Crippen MR) is 114 cm³/mol. The van der Waals surface area contributed by atoms with E-state index in [4.69, 9.17) is 25.8 Å². The van der Waals surface area contributed by atoms with Crippen molar-refractivity contribution in [2.24, 2.45) is 0 Å². The Hall–Kier alpha value is -2.28. The van der Waals surface area contributed by atoms with E-state index in [0.717, 1.165) is 25.2 Å². The van der Waals surface area contributed by atoms with Crippen molar-refractivity contribution in [3.05, 3.63) is 52.5 Å². The molecule has 1 aliphatic rings. The zero-order valence-electron chi connectivity index (χ0n) is 17.2. The maximum absolute atomic E-state index is 12.7. The maximum Gasteiger partial charge on any atom is 0.255 e. The summed E-state index contributed by atoms with van der Waals surface area (Å²) < 4.78 is 16.3. The summed E-state index contributed by atoms with van der Waals surface area (Å²) in [6.45, 7) is 6.84. The molecular weight excluding hydrogens is 392 g/mol. The van der Waals surface area contributed by atoms with Crippen molar-refractivity contribution < 1.29 is 19.0 Å². The molecule has 1 heterocycles. The molecule has 0 spiro atoms. The fraction of sp³-hybridized carbons (Fsp3) is 0.409. The number of hydrogen-bond acceptors (Lipinski definition) is 5. The van der Waals surface area contributed by atoms with Gasteiger partial charge in [0.1, 0.15) is 11.5 Å². The summed E-state index contributed by atoms with van der Waals surface area (Å²) in [5.41, 5.74) is 2.22. The Balaban J connectivity index is 1.68. The first-order chi connectivity index (χ1) is 13.9. The van der Waals surface area contributed by atoms with Gasteiger partial charge in [-0.15, -0.1) is 0 Å². The molecule has 3 rings (SSSR count). The standard InChI is InChI=1S/C22H27ClN2O4/c1-14-11-25(12-15(2)29-14)13-16-5-7-17(8-6-16)22(26)24-19-10-20(27-3)18(23)9-21(19)28-4/h5-10,14-15H,11-13H2,1-4H3,(H,24,26). The van der Waals surface area contributed by atoms with E-state index in [2.05, 4.69) is 24.1 Å². The van der Waals surface area contributed by atoms with E-state index < -0.39 is 0 Å². The highest BCUT2D eigenvalue weighted by atomic mass is 35.5. The molecule has 156 valence electrons. The van der Waals surface area contributed by atoms with Crippen LogP contribution in [0, 0.1) is 0 Å². The van der Waals surface area contributed by atoms with Gasteiger partial charge in [0.15, 0.2) is 0 Å². The molecule has 2 aromatic rings. The number of anilines is 1. The predicted octanol–water partition coefficient (Wildman–Crippen LogP) is 4.22. The van der Waals surface area contributed by atoms with E-state index in [0.29, 0.717) is 27.8 Å². The summed E-state index contributed by atoms with van der Waals surface area (Å²) in [5, 5.41) is 3.28. The van der Waals surface area contributed by atoms with Crippen LogP contribution in [-0.2, 0) is 11.3 Å². The molecule has 2 atom stereocenters. The lowest BCUT2D eigenvalue weighted by Gasteiger charge is -2.35. The lowest BCUT2D eigenvalue weighted by atomic mass is 10.1. The van der Waals surface area contributed by atoms with Crippen molar-refractivity contribution in [2.75, 3.05) is 32.6 Å². The summed E-state index contributed by atoms with van der Waals surface area (Å²) in [7, 11) is 3.05. The van der Waals surface area contributed by atoms with E-state index in [1.807, 2.05) is 24.3 Å². The van der Waals surface area contributed by atoms with Gasteiger partial charge in [0.05, 0.1) is 37.1 Å². The monoisotopic (exact) mass is 418 g/mol. The van der Waals surface area contributed by atoms with Gasteiger partial charge in [0, 0.05) is 37.3 Å². The van der Waals surface area contributed by atoms with E-state index in [9.17, 15) is 4.79 Å². The van der Waals surface area contributed by atoms with Crippen molar-refractivity contribution in [3.63, 3.8) is 0 Å². The first-order valence-corrected chi connectivity index (χ1v) is 9.97. The minimum atomic E-state index is -0.229. The Kier molecular flexibility index (Phi) is 7.00. The quantitative estimate of drug-likeness (QED) is 0.761. The van der Waals surface area contributed by atoms with Crippen LogP contribution < -0.4 is 14.8 Å². The topological polar surface area (TPSA) is 60.0 Å². The van der Waals surface area contributed by atoms with Gasteiger partial charge < -0.3 is 19.5 Å². The second kappa shape index (κ2) is 9.48. The number of carbonyl (C=O) groups is 1. The number of carbonyl (C=O) groups excluding carboxylic acids is 1. The van der Waals surface area contributed by atoms with Crippen molar-refractivity contribution >= 4 is 23.2 Å². The molecule has 0 aliphatic carbocycles. The number of rotatable bonds is 6. The molecule has 0 aromatic heterocycles. The second-order valence-corrected chi connectivity index (χ2v) is 7.70. The van der Waals surface area contributed by atoms with Crippen LogP contribution in [0.25, 0.3) is 0 Å². The van der Waals surface area contributed by atoms with Crippen LogP contribution in [0.2, 0.25) is 5.02 Å². The number of methoxy groups -OCH3 is 2. The highest BCUT2D eigenvalue weighted by molar-refractivity contribution is 6.32. The van der Waals surface area contributed by atoms with Crippen molar-refractivity contribution in [2.45, 2.75) is 32.6 Å². The molecule has 1 N–H and O–H groups in total. The van der Waals surface area contributed by atoms with Gasteiger partial charge in [-0.25, -0.2) is 0 Å². The van der Waals surface area contributed by atoms with Crippen LogP contribution in [0.1, 0.15) is 29.8 Å². The average molecular weight is 419 g/mol. The normalized spacial score (nSPS) is 19.6. The molecule has 0 radical (unpaired) electrons. The summed E-state index contributed by atoms with van der Waals surface area (Å²) in [6, 6.07) is 10.9. The molecule has 6 nitrogen and oxygen atoms in total. The van der Waals surface area contributed by atoms with Crippen LogP contribution in [-0.4, -0.2) is 50.3 Å². The third-order valence-electron chi connectivity index (χ3n) is 4.84. The van der Waals surface area contributed by atoms with Crippen LogP contribution >= 0.6 is 11.6 Å². The lowest BCUT2D eigenvalue weighted by molar-refractivity contribution is -0.0704. The Labute approximate surface area is 176 Å². The first kappa shape index (κ1) is 21.4. The molecule has 2 unspecified atom stereocenters. The third-order valence-corrected chi connectivity index (χ3v) is 5.14. The number of morpholine rings is 1. The van der Waals surface area contributed by atoms with E-state index >= 15 is 0 Å². The SMILES string of the molecule is COc1cc(NC(=O)c2ccc(CN3CC(C)OC(C)C3)cc2)c(OC)cc1Cl. The highest BCUT2D eigenvalue weighted by Gasteiger charge is 2.22. The molecule has 1 amide bonds. The Morgan fingerprint density at radius 3 is 2.31 bits per heavy atom. The van der Waals surface area contributed by atoms with Crippen LogP contribution in [0.5, 0.6) is 11.5 Å². The second-order valence-electron chi connectivity index (χ2n) is 7.29. The fourth-order valence-electron chi connectivity index (χ4n) is 3.59. The average Bonchev–Trinajstić information content (AvgIpc) is 2.68. The molecule has 2 aromatic carbocycles. The smallest absolute Gasteiger partial charge is 0.255 e. The van der Waals surface area contributed by atoms with Crippen molar-refractivity contribution in [1.29, 1.82) is 0 Å². The first-order valence-electron chi connectivity index (χ1n) is 9.59. The zero-order valence-corrected chi connectivity index (χ0v) is 18.0. The number of ether oxygens (including phenoxy) is 3. The summed E-state index contributed by atoms with van der Waals surface area (Å²) in [4.78, 5) is 15.1. The summed E-state index contributed by atoms with van der Waals surface area (Å²) in [6.07, 6.45) is 0.463. The maximum atomic E-state index is 12.7. The van der Waals surface area contributed by atoms with Gasteiger partial charge in [-0.2, -0.15) is 0 Å². The summed E-state index contributed by atoms with van der Waals surface area (Å²) >= 11 is 6.12. The number of nitrogens with zero attached hydrogens (tertiary/aromatic N) is 1. The van der Waals surface area contributed by atoms with Crippen molar-refractivity contribution in [3.8, 4) is 11.5 Å². The van der Waals surface area contributed by atoms with Crippen LogP contribution in [0.15, 0.2) is 36.4 Å². The van der Waals surface area contributed by atoms with Gasteiger partial charge in [-0.3, -0.25) is 9.69 Å². The third kappa shape index (κ3) is 5.41. The molecule has 0 bridgehead atoms. The lowest BCUT2D eigenvalue weighted by Crippen LogP contribution is -2.44. The van der Waals surface area contributed by atoms with Crippen LogP contribution in [0.3, 0.4) is 0 Å². The van der Waals surface area contributed by atoms with E-state index in [1.165, 1.54) is 14.2 Å². The molecule has 1 fully saturated rings. The van der Waals surface area contributed by atoms with Crippen LogP contribution in [0.4, 0.5) is 5.69 Å². The summed E-state index contributed by atoms with van der Waals surface area (Å²) in [5.74, 6) is 0.705. The van der Waals surface area contributed by atoms with Gasteiger partial charge >= 0.3 is 0 Å². The molecule has 7 heteroatoms. The van der Waals surface area contributed by atoms with E-state index in [-0.39, 0.29) is 18.1 Å². The number of halogens is 1. The molecule has 0 saturated carbocycles. The Bertz CT molecular complexity index is 847. The van der Waals surface area contributed by atoms with Gasteiger partial charge in [-0.05, 0) is 31.5 Å². The Morgan fingerprint density at radius 1 is 1.10 bits per heavy atom. The fourth-order valence-corrected chi connectivity index (χ4v) is 3.82. The molecule has 29 heavy (non-hydrogen) atoms. The van der Waals surface area contributed by atoms with E-state index in [1.54, 1.807) is 12.1 Å². The number of nitrogens with one attached hydrogen (secondary N) is 1. The molecular formula is C22H27ClN2O4. The largest absolute Gasteiger partial charge is 0.495 e. The number of benzene rings is 2. The molecule has 1 saturated heterocycles. The zero-order chi connectivity index (χ0) is 21.0. The molecule has 1 aliphatic heterocycles. The minimum Gasteiger partial charge on any atom is -0.495 e. The Morgan fingerprint density at radius 2 is 1.72 bits per heavy atom. The van der Waals surface area contributed by atoms with Gasteiger partial charge in [-0.1, -0.05) is 23.7 Å². The minimum absolute atomic E-state index is 0.229.